The number of likely N-dealkylation sites (tertiary alicyclic amines) is 1. The van der Waals surface area contributed by atoms with Gasteiger partial charge in [-0.25, -0.2) is 0 Å². The molecule has 1 N–H and O–H groups in total. The molecule has 0 spiro atoms. The van der Waals surface area contributed by atoms with Gasteiger partial charge >= 0.3 is 5.97 Å². The van der Waals surface area contributed by atoms with Crippen LogP contribution in [0.1, 0.15) is 58.3 Å². The molecule has 23 heavy (non-hydrogen) atoms. The van der Waals surface area contributed by atoms with Gasteiger partial charge in [0.15, 0.2) is 0 Å². The first-order valence-corrected chi connectivity index (χ1v) is 9.15. The van der Waals surface area contributed by atoms with E-state index in [-0.39, 0.29) is 17.2 Å². The molecule has 5 heteroatoms. The van der Waals surface area contributed by atoms with E-state index in [0.717, 1.165) is 51.4 Å². The number of carboxylic acids is 1. The minimum Gasteiger partial charge on any atom is -0.481 e. The maximum absolute atomic E-state index is 13.2. The molecule has 0 bridgehead atoms. The SMILES string of the molecule is CCOCCC1(C(=O)N2C[C@@H]3CCC[C@@]3(C(=O)O)C2)CCCC1. The van der Waals surface area contributed by atoms with E-state index in [1.807, 2.05) is 11.8 Å². The quantitative estimate of drug-likeness (QED) is 0.763. The first-order valence-electron chi connectivity index (χ1n) is 9.15. The molecule has 5 nitrogen and oxygen atoms in total. The van der Waals surface area contributed by atoms with Gasteiger partial charge in [-0.15, -0.1) is 0 Å². The number of carbonyl (C=O) groups is 2. The number of hydrogen-bond acceptors (Lipinski definition) is 3. The monoisotopic (exact) mass is 323 g/mol. The summed E-state index contributed by atoms with van der Waals surface area (Å²) < 4.78 is 5.50. The number of carboxylic acid groups (broad SMARTS) is 1. The van der Waals surface area contributed by atoms with Crippen molar-refractivity contribution in [2.75, 3.05) is 26.3 Å². The third kappa shape index (κ3) is 2.77. The Kier molecular flexibility index (Phi) is 4.68. The van der Waals surface area contributed by atoms with E-state index in [9.17, 15) is 14.7 Å². The summed E-state index contributed by atoms with van der Waals surface area (Å²) in [4.78, 5) is 26.9. The van der Waals surface area contributed by atoms with Crippen molar-refractivity contribution in [2.24, 2.45) is 16.7 Å². The van der Waals surface area contributed by atoms with Crippen molar-refractivity contribution in [2.45, 2.75) is 58.3 Å². The zero-order valence-electron chi connectivity index (χ0n) is 14.2. The number of ether oxygens (including phenoxy) is 1. The van der Waals surface area contributed by atoms with Crippen LogP contribution in [0.5, 0.6) is 0 Å². The van der Waals surface area contributed by atoms with Crippen LogP contribution in [-0.4, -0.2) is 48.2 Å². The Labute approximate surface area is 138 Å². The van der Waals surface area contributed by atoms with Gasteiger partial charge in [0.1, 0.15) is 0 Å². The number of amides is 1. The van der Waals surface area contributed by atoms with Crippen LogP contribution >= 0.6 is 0 Å². The number of aliphatic carboxylic acids is 1. The lowest BCUT2D eigenvalue weighted by molar-refractivity contribution is -0.150. The Morgan fingerprint density at radius 2 is 1.96 bits per heavy atom. The minimum absolute atomic E-state index is 0.147. The molecule has 3 aliphatic rings. The highest BCUT2D eigenvalue weighted by molar-refractivity contribution is 5.85. The summed E-state index contributed by atoms with van der Waals surface area (Å²) in [5.74, 6) is -0.357. The molecule has 1 amide bonds. The van der Waals surface area contributed by atoms with Gasteiger partial charge < -0.3 is 14.7 Å². The third-order valence-corrected chi connectivity index (χ3v) is 6.53. The van der Waals surface area contributed by atoms with Gasteiger partial charge in [-0.2, -0.15) is 0 Å². The number of fused-ring (bicyclic) bond motifs is 1. The van der Waals surface area contributed by atoms with Gasteiger partial charge in [0.05, 0.1) is 10.8 Å². The van der Waals surface area contributed by atoms with E-state index < -0.39 is 11.4 Å². The molecule has 0 unspecified atom stereocenters. The highest BCUT2D eigenvalue weighted by Crippen LogP contribution is 2.51. The van der Waals surface area contributed by atoms with Crippen LogP contribution in [0.4, 0.5) is 0 Å². The Morgan fingerprint density at radius 1 is 1.22 bits per heavy atom. The summed E-state index contributed by atoms with van der Waals surface area (Å²) in [6.45, 7) is 4.34. The molecule has 1 heterocycles. The van der Waals surface area contributed by atoms with E-state index in [1.54, 1.807) is 0 Å². The molecule has 2 saturated carbocycles. The zero-order valence-corrected chi connectivity index (χ0v) is 14.2. The van der Waals surface area contributed by atoms with Gasteiger partial charge in [-0.05, 0) is 44.9 Å². The van der Waals surface area contributed by atoms with Crippen molar-refractivity contribution in [3.05, 3.63) is 0 Å². The van der Waals surface area contributed by atoms with Crippen molar-refractivity contribution in [1.29, 1.82) is 0 Å². The fourth-order valence-corrected chi connectivity index (χ4v) is 5.16. The van der Waals surface area contributed by atoms with E-state index in [1.165, 1.54) is 0 Å². The predicted octanol–water partition coefficient (Wildman–Crippen LogP) is 2.69. The fraction of sp³-hybridized carbons (Fsp3) is 0.889. The number of carbonyl (C=O) groups excluding carboxylic acids is 1. The molecule has 3 rings (SSSR count). The number of hydrogen-bond donors (Lipinski definition) is 1. The second-order valence-corrected chi connectivity index (χ2v) is 7.67. The van der Waals surface area contributed by atoms with E-state index in [0.29, 0.717) is 26.3 Å². The minimum atomic E-state index is -0.704. The van der Waals surface area contributed by atoms with Gasteiger partial charge in [0.25, 0.3) is 0 Å². The summed E-state index contributed by atoms with van der Waals surface area (Å²) in [7, 11) is 0. The molecule has 0 aromatic carbocycles. The Hall–Kier alpha value is -1.10. The van der Waals surface area contributed by atoms with Crippen LogP contribution in [-0.2, 0) is 14.3 Å². The third-order valence-electron chi connectivity index (χ3n) is 6.53. The van der Waals surface area contributed by atoms with Crippen LogP contribution in [0.2, 0.25) is 0 Å². The topological polar surface area (TPSA) is 66.8 Å². The lowest BCUT2D eigenvalue weighted by Crippen LogP contribution is -2.44. The summed E-state index contributed by atoms with van der Waals surface area (Å²) in [5, 5.41) is 9.72. The first kappa shape index (κ1) is 16.7. The Morgan fingerprint density at radius 3 is 2.57 bits per heavy atom. The maximum Gasteiger partial charge on any atom is 0.311 e. The summed E-state index contributed by atoms with van der Waals surface area (Å²) in [5.41, 5.74) is -0.969. The number of rotatable bonds is 6. The molecule has 1 aliphatic heterocycles. The van der Waals surface area contributed by atoms with Gasteiger partial charge in [-0.3, -0.25) is 9.59 Å². The molecule has 0 aromatic heterocycles. The average Bonchev–Trinajstić information content (AvgIpc) is 3.21. The van der Waals surface area contributed by atoms with Crippen molar-refractivity contribution in [3.63, 3.8) is 0 Å². The van der Waals surface area contributed by atoms with E-state index in [2.05, 4.69) is 0 Å². The molecular weight excluding hydrogens is 294 g/mol. The molecule has 1 saturated heterocycles. The normalized spacial score (nSPS) is 32.2. The van der Waals surface area contributed by atoms with Crippen LogP contribution in [0.3, 0.4) is 0 Å². The molecule has 0 aromatic rings. The van der Waals surface area contributed by atoms with Crippen LogP contribution < -0.4 is 0 Å². The van der Waals surface area contributed by atoms with Crippen molar-refractivity contribution in [1.82, 2.24) is 4.90 Å². The van der Waals surface area contributed by atoms with Crippen LogP contribution in [0, 0.1) is 16.7 Å². The van der Waals surface area contributed by atoms with Crippen LogP contribution in [0.25, 0.3) is 0 Å². The second kappa shape index (κ2) is 6.42. The fourth-order valence-electron chi connectivity index (χ4n) is 5.16. The predicted molar refractivity (Wildman–Crippen MR) is 86.0 cm³/mol. The smallest absolute Gasteiger partial charge is 0.311 e. The van der Waals surface area contributed by atoms with E-state index >= 15 is 0 Å². The highest BCUT2D eigenvalue weighted by atomic mass is 16.5. The van der Waals surface area contributed by atoms with Crippen molar-refractivity contribution >= 4 is 11.9 Å². The van der Waals surface area contributed by atoms with Gasteiger partial charge in [0.2, 0.25) is 5.91 Å². The van der Waals surface area contributed by atoms with Crippen molar-refractivity contribution < 1.29 is 19.4 Å². The molecule has 2 atom stereocenters. The summed E-state index contributed by atoms with van der Waals surface area (Å²) >= 11 is 0. The van der Waals surface area contributed by atoms with Gasteiger partial charge in [-0.1, -0.05) is 19.3 Å². The molecule has 130 valence electrons. The molecule has 0 radical (unpaired) electrons. The Balaban J connectivity index is 1.73. The second-order valence-electron chi connectivity index (χ2n) is 7.67. The molecule has 3 fully saturated rings. The summed E-state index contributed by atoms with van der Waals surface area (Å²) in [6.07, 6.45) is 7.48. The lowest BCUT2D eigenvalue weighted by Gasteiger charge is -2.33. The standard InChI is InChI=1S/C18H29NO4/c1-2-23-11-10-17(7-3-4-8-17)15(20)19-12-14-6-5-9-18(14,13-19)16(21)22/h14H,2-13H2,1H3,(H,21,22)/t14-,18+/m0/s1. The van der Waals surface area contributed by atoms with Crippen molar-refractivity contribution in [3.8, 4) is 0 Å². The average molecular weight is 323 g/mol. The first-order chi connectivity index (χ1) is 11.0. The summed E-state index contributed by atoms with van der Waals surface area (Å²) in [6, 6.07) is 0. The molecule has 2 aliphatic carbocycles. The largest absolute Gasteiger partial charge is 0.481 e. The maximum atomic E-state index is 13.2. The Bertz CT molecular complexity index is 472. The van der Waals surface area contributed by atoms with E-state index in [4.69, 9.17) is 4.74 Å². The number of nitrogens with zero attached hydrogens (tertiary/aromatic N) is 1. The molecular formula is C18H29NO4. The highest BCUT2D eigenvalue weighted by Gasteiger charge is 2.57. The van der Waals surface area contributed by atoms with Crippen LogP contribution in [0.15, 0.2) is 0 Å². The van der Waals surface area contributed by atoms with Gasteiger partial charge in [0, 0.05) is 26.3 Å². The zero-order chi connectivity index (χ0) is 16.5. The lowest BCUT2D eigenvalue weighted by atomic mass is 9.80.